The van der Waals surface area contributed by atoms with Crippen molar-refractivity contribution >= 4 is 24.3 Å². The molecule has 0 saturated heterocycles. The van der Waals surface area contributed by atoms with Gasteiger partial charge in [0.1, 0.15) is 0 Å². The molecule has 0 spiro atoms. The van der Waals surface area contributed by atoms with E-state index < -0.39 is 6.04 Å². The Kier molecular flexibility index (Phi) is 9.45. The summed E-state index contributed by atoms with van der Waals surface area (Å²) in [5, 5.41) is 2.89. The third-order valence-electron chi connectivity index (χ3n) is 3.36. The fraction of sp³-hybridized carbons (Fsp3) is 0.500. The van der Waals surface area contributed by atoms with Gasteiger partial charge in [-0.3, -0.25) is 9.59 Å². The van der Waals surface area contributed by atoms with Gasteiger partial charge in [-0.05, 0) is 25.0 Å². The first-order valence-corrected chi connectivity index (χ1v) is 7.21. The van der Waals surface area contributed by atoms with Gasteiger partial charge in [-0.2, -0.15) is 0 Å². The van der Waals surface area contributed by atoms with E-state index in [-0.39, 0.29) is 43.2 Å². The molecule has 1 rings (SSSR count). The highest BCUT2D eigenvalue weighted by Crippen LogP contribution is 2.21. The summed E-state index contributed by atoms with van der Waals surface area (Å²) in [5.74, 6) is -0.778. The molecule has 3 N–H and O–H groups in total. The molecule has 0 aliphatic carbocycles. The van der Waals surface area contributed by atoms with E-state index in [1.165, 1.54) is 0 Å². The van der Waals surface area contributed by atoms with Gasteiger partial charge in [0.2, 0.25) is 5.91 Å². The predicted molar refractivity (Wildman–Crippen MR) is 88.8 cm³/mol. The molecule has 0 aromatic heterocycles. The molecule has 0 aliphatic rings. The number of nitrogens with two attached hydrogens (primary N) is 1. The number of hydrogen-bond acceptors (Lipinski definition) is 4. The van der Waals surface area contributed by atoms with E-state index in [0.717, 1.165) is 11.1 Å². The van der Waals surface area contributed by atoms with Gasteiger partial charge in [0.15, 0.2) is 0 Å². The van der Waals surface area contributed by atoms with Crippen molar-refractivity contribution in [1.29, 1.82) is 0 Å². The van der Waals surface area contributed by atoms with E-state index in [0.29, 0.717) is 6.61 Å². The number of ether oxygens (including phenoxy) is 1. The van der Waals surface area contributed by atoms with Crippen LogP contribution < -0.4 is 11.1 Å². The molecule has 0 saturated carbocycles. The van der Waals surface area contributed by atoms with Crippen molar-refractivity contribution in [3.8, 4) is 0 Å². The van der Waals surface area contributed by atoms with Crippen molar-refractivity contribution in [3.63, 3.8) is 0 Å². The lowest BCUT2D eigenvalue weighted by molar-refractivity contribution is -0.143. The number of hydrogen-bond donors (Lipinski definition) is 2. The van der Waals surface area contributed by atoms with Gasteiger partial charge in [-0.15, -0.1) is 12.4 Å². The smallest absolute Gasteiger partial charge is 0.308 e. The minimum atomic E-state index is -0.397. The minimum Gasteiger partial charge on any atom is -0.466 e. The fourth-order valence-corrected chi connectivity index (χ4v) is 2.02. The van der Waals surface area contributed by atoms with Crippen molar-refractivity contribution in [2.75, 3.05) is 13.2 Å². The lowest BCUT2D eigenvalue weighted by Gasteiger charge is -2.22. The lowest BCUT2D eigenvalue weighted by atomic mass is 9.98. The second-order valence-corrected chi connectivity index (χ2v) is 5.06. The van der Waals surface area contributed by atoms with Crippen LogP contribution >= 0.6 is 12.4 Å². The summed E-state index contributed by atoms with van der Waals surface area (Å²) < 4.78 is 4.99. The Hall–Kier alpha value is -1.59. The largest absolute Gasteiger partial charge is 0.466 e. The Labute approximate surface area is 138 Å². The molecule has 1 aromatic rings. The summed E-state index contributed by atoms with van der Waals surface area (Å²) in [6, 6.07) is 7.27. The van der Waals surface area contributed by atoms with Gasteiger partial charge in [0.05, 0.1) is 19.1 Å². The quantitative estimate of drug-likeness (QED) is 0.751. The van der Waals surface area contributed by atoms with Gasteiger partial charge in [0.25, 0.3) is 0 Å². The zero-order valence-corrected chi connectivity index (χ0v) is 14.1. The lowest BCUT2D eigenvalue weighted by Crippen LogP contribution is -2.37. The van der Waals surface area contributed by atoms with E-state index in [2.05, 4.69) is 5.32 Å². The summed E-state index contributed by atoms with van der Waals surface area (Å²) in [6.45, 7) is 6.06. The SMILES string of the molecule is CCOC(=O)CC(NC(=O)C(C)CN)c1ccccc1C.Cl. The van der Waals surface area contributed by atoms with Gasteiger partial charge in [0, 0.05) is 12.5 Å². The monoisotopic (exact) mass is 328 g/mol. The number of benzene rings is 1. The minimum absolute atomic E-state index is 0. The standard InChI is InChI=1S/C16H24N2O3.ClH/c1-4-21-15(19)9-14(18-16(20)12(3)10-17)13-8-6-5-7-11(13)2;/h5-8,12,14H,4,9-10,17H2,1-3H3,(H,18,20);1H. The maximum Gasteiger partial charge on any atom is 0.308 e. The number of esters is 1. The van der Waals surface area contributed by atoms with Crippen LogP contribution in [0.5, 0.6) is 0 Å². The van der Waals surface area contributed by atoms with Crippen molar-refractivity contribution in [3.05, 3.63) is 35.4 Å². The van der Waals surface area contributed by atoms with E-state index in [1.807, 2.05) is 31.2 Å². The Balaban J connectivity index is 0.00000441. The molecule has 22 heavy (non-hydrogen) atoms. The normalized spacial score (nSPS) is 12.7. The van der Waals surface area contributed by atoms with Gasteiger partial charge in [-0.1, -0.05) is 31.2 Å². The van der Waals surface area contributed by atoms with Crippen LogP contribution in [0.15, 0.2) is 24.3 Å². The van der Waals surface area contributed by atoms with Crippen molar-refractivity contribution in [2.24, 2.45) is 11.7 Å². The number of halogens is 1. The zero-order chi connectivity index (χ0) is 15.8. The molecular formula is C16H25ClN2O3. The number of carbonyl (C=O) groups excluding carboxylic acids is 2. The first kappa shape index (κ1) is 20.4. The molecule has 0 radical (unpaired) electrons. The summed E-state index contributed by atoms with van der Waals surface area (Å²) in [4.78, 5) is 23.8. The fourth-order valence-electron chi connectivity index (χ4n) is 2.02. The van der Waals surface area contributed by atoms with Crippen LogP contribution in [0.1, 0.15) is 37.4 Å². The topological polar surface area (TPSA) is 81.4 Å². The third-order valence-corrected chi connectivity index (χ3v) is 3.36. The maximum atomic E-state index is 12.1. The second kappa shape index (κ2) is 10.2. The van der Waals surface area contributed by atoms with Crippen LogP contribution in [-0.4, -0.2) is 25.0 Å². The summed E-state index contributed by atoms with van der Waals surface area (Å²) in [6.07, 6.45) is 0.113. The third kappa shape index (κ3) is 6.03. The van der Waals surface area contributed by atoms with Crippen molar-refractivity contribution < 1.29 is 14.3 Å². The molecule has 0 aliphatic heterocycles. The number of rotatable bonds is 7. The maximum absolute atomic E-state index is 12.1. The Morgan fingerprint density at radius 2 is 1.95 bits per heavy atom. The van der Waals surface area contributed by atoms with Crippen LogP contribution in [0.25, 0.3) is 0 Å². The molecule has 0 heterocycles. The Morgan fingerprint density at radius 3 is 2.50 bits per heavy atom. The highest BCUT2D eigenvalue weighted by Gasteiger charge is 2.22. The molecular weight excluding hydrogens is 304 g/mol. The molecule has 1 amide bonds. The summed E-state index contributed by atoms with van der Waals surface area (Å²) >= 11 is 0. The summed E-state index contributed by atoms with van der Waals surface area (Å²) in [5.41, 5.74) is 7.45. The number of aryl methyl sites for hydroxylation is 1. The van der Waals surface area contributed by atoms with Crippen LogP contribution in [0.2, 0.25) is 0 Å². The number of carbonyl (C=O) groups is 2. The first-order chi connectivity index (χ1) is 9.99. The average molecular weight is 329 g/mol. The summed E-state index contributed by atoms with van der Waals surface area (Å²) in [7, 11) is 0. The van der Waals surface area contributed by atoms with Crippen LogP contribution in [0, 0.1) is 12.8 Å². The molecule has 0 bridgehead atoms. The van der Waals surface area contributed by atoms with Crippen LogP contribution in [0.3, 0.4) is 0 Å². The van der Waals surface area contributed by atoms with Crippen molar-refractivity contribution in [1.82, 2.24) is 5.32 Å². The number of amides is 1. The Morgan fingerprint density at radius 1 is 1.32 bits per heavy atom. The highest BCUT2D eigenvalue weighted by molar-refractivity contribution is 5.85. The Bertz CT molecular complexity index is 494. The average Bonchev–Trinajstić information content (AvgIpc) is 2.46. The first-order valence-electron chi connectivity index (χ1n) is 7.21. The van der Waals surface area contributed by atoms with Gasteiger partial charge >= 0.3 is 5.97 Å². The van der Waals surface area contributed by atoms with Crippen LogP contribution in [0.4, 0.5) is 0 Å². The molecule has 6 heteroatoms. The molecule has 1 aromatic carbocycles. The van der Waals surface area contributed by atoms with Gasteiger partial charge in [-0.25, -0.2) is 0 Å². The second-order valence-electron chi connectivity index (χ2n) is 5.06. The van der Waals surface area contributed by atoms with E-state index >= 15 is 0 Å². The van der Waals surface area contributed by atoms with E-state index in [4.69, 9.17) is 10.5 Å². The van der Waals surface area contributed by atoms with Gasteiger partial charge < -0.3 is 15.8 Å². The van der Waals surface area contributed by atoms with Crippen molar-refractivity contribution in [2.45, 2.75) is 33.2 Å². The highest BCUT2D eigenvalue weighted by atomic mass is 35.5. The molecule has 0 fully saturated rings. The molecule has 5 nitrogen and oxygen atoms in total. The zero-order valence-electron chi connectivity index (χ0n) is 13.3. The number of nitrogens with one attached hydrogen (secondary N) is 1. The molecule has 2 unspecified atom stereocenters. The molecule has 124 valence electrons. The predicted octanol–water partition coefficient (Wildman–Crippen LogP) is 2.12. The van der Waals surface area contributed by atoms with E-state index in [9.17, 15) is 9.59 Å². The molecule has 2 atom stereocenters. The van der Waals surface area contributed by atoms with Crippen LogP contribution in [-0.2, 0) is 14.3 Å². The van der Waals surface area contributed by atoms with E-state index in [1.54, 1.807) is 13.8 Å².